The molecule has 0 bridgehead atoms. The van der Waals surface area contributed by atoms with E-state index in [9.17, 15) is 0 Å². The zero-order chi connectivity index (χ0) is 41.0. The molecule has 0 fully saturated rings. The van der Waals surface area contributed by atoms with Crippen LogP contribution in [0.1, 0.15) is 0 Å². The summed E-state index contributed by atoms with van der Waals surface area (Å²) in [5.41, 5.74) is 14.7. The van der Waals surface area contributed by atoms with E-state index in [-0.39, 0.29) is 0 Å². The number of fused-ring (bicyclic) bond motifs is 5. The van der Waals surface area contributed by atoms with Gasteiger partial charge >= 0.3 is 0 Å². The highest BCUT2D eigenvalue weighted by atomic mass is 14.2. The van der Waals surface area contributed by atoms with Crippen molar-refractivity contribution in [3.8, 4) is 66.8 Å². The number of rotatable bonds is 6. The Labute approximate surface area is 361 Å². The highest BCUT2D eigenvalue weighted by Gasteiger charge is 2.20. The molecule has 0 N–H and O–H groups in total. The van der Waals surface area contributed by atoms with Gasteiger partial charge < -0.3 is 0 Å². The molecule has 0 amide bonds. The molecule has 0 aliphatic heterocycles. The van der Waals surface area contributed by atoms with E-state index in [1.807, 2.05) is 0 Å². The van der Waals surface area contributed by atoms with Gasteiger partial charge in [-0.3, -0.25) is 0 Å². The first-order valence-electron chi connectivity index (χ1n) is 21.5. The molecule has 0 heteroatoms. The van der Waals surface area contributed by atoms with Crippen LogP contribution in [0.2, 0.25) is 0 Å². The predicted octanol–water partition coefficient (Wildman–Crippen LogP) is 17.5. The number of hydrogen-bond donors (Lipinski definition) is 0. The Morgan fingerprint density at radius 1 is 0.161 bits per heavy atom. The Bertz CT molecular complexity index is 3680. The monoisotopic (exact) mass is 784 g/mol. The van der Waals surface area contributed by atoms with Crippen molar-refractivity contribution in [2.24, 2.45) is 0 Å². The van der Waals surface area contributed by atoms with Crippen molar-refractivity contribution in [3.05, 3.63) is 243 Å². The van der Waals surface area contributed by atoms with Crippen LogP contribution in [0, 0.1) is 0 Å². The third-order valence-corrected chi connectivity index (χ3v) is 12.8. The average molecular weight is 785 g/mol. The lowest BCUT2D eigenvalue weighted by Crippen LogP contribution is -1.93. The third-order valence-electron chi connectivity index (χ3n) is 12.8. The zero-order valence-electron chi connectivity index (χ0n) is 34.1. The molecule has 12 aromatic carbocycles. The summed E-state index contributed by atoms with van der Waals surface area (Å²) < 4.78 is 0. The fraction of sp³-hybridized carbons (Fsp3) is 0. The van der Waals surface area contributed by atoms with Crippen LogP contribution in [0.15, 0.2) is 243 Å². The molecule has 0 radical (unpaired) electrons. The van der Waals surface area contributed by atoms with E-state index in [0.29, 0.717) is 0 Å². The van der Waals surface area contributed by atoms with E-state index in [1.54, 1.807) is 0 Å². The maximum absolute atomic E-state index is 2.46. The van der Waals surface area contributed by atoms with E-state index in [4.69, 9.17) is 0 Å². The molecule has 0 aliphatic carbocycles. The minimum absolute atomic E-state index is 1.19. The molecular formula is C62H40. The van der Waals surface area contributed by atoms with Crippen molar-refractivity contribution in [3.63, 3.8) is 0 Å². The van der Waals surface area contributed by atoms with Crippen LogP contribution in [0.5, 0.6) is 0 Å². The first kappa shape index (κ1) is 35.8. The lowest BCUT2D eigenvalue weighted by Gasteiger charge is -2.20. The van der Waals surface area contributed by atoms with Crippen molar-refractivity contribution in [1.82, 2.24) is 0 Å². The SMILES string of the molecule is c1cc(-c2cccc3ccccc23)cc(-c2c3ccccc3c(-c3cccc(-c4cccc5ccccc45)c3)c3cc(-c4ccccc4-c4cccc5ccccc45)ccc23)c1. The van der Waals surface area contributed by atoms with Gasteiger partial charge in [0.25, 0.3) is 0 Å². The van der Waals surface area contributed by atoms with Crippen LogP contribution in [0.3, 0.4) is 0 Å². The molecule has 12 aromatic rings. The molecule has 0 nitrogen and oxygen atoms in total. The van der Waals surface area contributed by atoms with Crippen LogP contribution in [-0.4, -0.2) is 0 Å². The number of hydrogen-bond acceptors (Lipinski definition) is 0. The first-order valence-corrected chi connectivity index (χ1v) is 21.5. The lowest BCUT2D eigenvalue weighted by atomic mass is 9.83. The second-order valence-electron chi connectivity index (χ2n) is 16.3. The summed E-state index contributed by atoms with van der Waals surface area (Å²) in [6, 6.07) is 89.5. The van der Waals surface area contributed by atoms with Gasteiger partial charge in [-0.1, -0.05) is 224 Å². The Morgan fingerprint density at radius 3 is 1.05 bits per heavy atom. The summed E-state index contributed by atoms with van der Waals surface area (Å²) in [7, 11) is 0. The minimum Gasteiger partial charge on any atom is -0.0616 e. The van der Waals surface area contributed by atoms with Gasteiger partial charge in [0.15, 0.2) is 0 Å². The summed E-state index contributed by atoms with van der Waals surface area (Å²) in [5.74, 6) is 0. The summed E-state index contributed by atoms with van der Waals surface area (Å²) in [5, 5.41) is 12.5. The molecule has 0 atom stereocenters. The van der Waals surface area contributed by atoms with E-state index in [2.05, 4.69) is 243 Å². The molecule has 0 saturated carbocycles. The summed E-state index contributed by atoms with van der Waals surface area (Å²) >= 11 is 0. The second kappa shape index (κ2) is 14.9. The Kier molecular flexibility index (Phi) is 8.61. The molecule has 0 aromatic heterocycles. The quantitative estimate of drug-likeness (QED) is 0.147. The molecule has 0 unspecified atom stereocenters. The van der Waals surface area contributed by atoms with Crippen molar-refractivity contribution in [2.75, 3.05) is 0 Å². The van der Waals surface area contributed by atoms with Gasteiger partial charge in [-0.05, 0) is 139 Å². The van der Waals surface area contributed by atoms with E-state index >= 15 is 0 Å². The van der Waals surface area contributed by atoms with Crippen LogP contribution in [0.4, 0.5) is 0 Å². The second-order valence-corrected chi connectivity index (χ2v) is 16.3. The molecular weight excluding hydrogens is 745 g/mol. The maximum Gasteiger partial charge on any atom is -0.00259 e. The molecule has 62 heavy (non-hydrogen) atoms. The first-order chi connectivity index (χ1) is 30.8. The van der Waals surface area contributed by atoms with E-state index < -0.39 is 0 Å². The molecule has 0 saturated heterocycles. The van der Waals surface area contributed by atoms with Crippen LogP contribution < -0.4 is 0 Å². The fourth-order valence-corrected chi connectivity index (χ4v) is 10.0. The van der Waals surface area contributed by atoms with Gasteiger partial charge in [-0.15, -0.1) is 0 Å². The van der Waals surface area contributed by atoms with Gasteiger partial charge in [0, 0.05) is 0 Å². The highest BCUT2D eigenvalue weighted by molar-refractivity contribution is 6.22. The molecule has 12 rings (SSSR count). The maximum atomic E-state index is 2.46. The van der Waals surface area contributed by atoms with Crippen molar-refractivity contribution in [2.45, 2.75) is 0 Å². The smallest absolute Gasteiger partial charge is 0.00259 e. The van der Waals surface area contributed by atoms with Gasteiger partial charge in [0.1, 0.15) is 0 Å². The number of benzene rings is 12. The summed E-state index contributed by atoms with van der Waals surface area (Å²) in [6.45, 7) is 0. The molecule has 0 aliphatic rings. The highest BCUT2D eigenvalue weighted by Crippen LogP contribution is 2.47. The Balaban J connectivity index is 1.14. The normalized spacial score (nSPS) is 11.5. The summed E-state index contributed by atoms with van der Waals surface area (Å²) in [4.78, 5) is 0. The van der Waals surface area contributed by atoms with Gasteiger partial charge in [-0.2, -0.15) is 0 Å². The molecule has 288 valence electrons. The van der Waals surface area contributed by atoms with E-state index in [1.165, 1.54) is 121 Å². The van der Waals surface area contributed by atoms with Gasteiger partial charge in [0.05, 0.1) is 0 Å². The molecule has 0 spiro atoms. The molecule has 0 heterocycles. The Morgan fingerprint density at radius 2 is 0.500 bits per heavy atom. The van der Waals surface area contributed by atoms with Gasteiger partial charge in [0.2, 0.25) is 0 Å². The topological polar surface area (TPSA) is 0 Å². The van der Waals surface area contributed by atoms with Crippen molar-refractivity contribution >= 4 is 53.9 Å². The largest absolute Gasteiger partial charge is 0.0616 e. The third kappa shape index (κ3) is 5.99. The van der Waals surface area contributed by atoms with E-state index in [0.717, 1.165) is 0 Å². The average Bonchev–Trinajstić information content (AvgIpc) is 3.35. The predicted molar refractivity (Wildman–Crippen MR) is 267 cm³/mol. The van der Waals surface area contributed by atoms with Crippen molar-refractivity contribution in [1.29, 1.82) is 0 Å². The van der Waals surface area contributed by atoms with Crippen LogP contribution >= 0.6 is 0 Å². The fourth-order valence-electron chi connectivity index (χ4n) is 10.0. The van der Waals surface area contributed by atoms with Crippen molar-refractivity contribution < 1.29 is 0 Å². The lowest BCUT2D eigenvalue weighted by molar-refractivity contribution is 1.60. The van der Waals surface area contributed by atoms with Crippen LogP contribution in [0.25, 0.3) is 121 Å². The van der Waals surface area contributed by atoms with Crippen LogP contribution in [-0.2, 0) is 0 Å². The Hall–Kier alpha value is -8.06. The minimum atomic E-state index is 1.19. The zero-order valence-corrected chi connectivity index (χ0v) is 34.1. The van der Waals surface area contributed by atoms with Gasteiger partial charge in [-0.25, -0.2) is 0 Å². The summed E-state index contributed by atoms with van der Waals surface area (Å²) in [6.07, 6.45) is 0. The standard InChI is InChI=1S/C62H40/c1-4-26-49-41(16-1)19-13-33-52(49)44-22-11-24-47(38-44)61-57-31-9-10-32-58(57)62(48-25-12-23-45(39-48)53-34-14-20-42-17-2-5-27-50(42)53)60-40-46(36-37-59(60)61)54-29-7-8-30-55(54)56-35-15-21-43-18-3-6-28-51(43)56/h1-40H.